The SMILES string of the molecule is O[C@H]1CC[C@H](Nc2nc(CS)ncc2-c2ccccn2)CC1. The Morgan fingerprint density at radius 3 is 2.68 bits per heavy atom. The number of anilines is 1. The van der Waals surface area contributed by atoms with Crippen LogP contribution < -0.4 is 5.32 Å². The van der Waals surface area contributed by atoms with E-state index in [1.807, 2.05) is 18.2 Å². The van der Waals surface area contributed by atoms with Crippen molar-refractivity contribution in [2.75, 3.05) is 5.32 Å². The van der Waals surface area contributed by atoms with Crippen LogP contribution in [0.5, 0.6) is 0 Å². The number of nitrogens with zero attached hydrogens (tertiary/aromatic N) is 3. The zero-order chi connectivity index (χ0) is 15.4. The number of hydrogen-bond acceptors (Lipinski definition) is 6. The lowest BCUT2D eigenvalue weighted by Gasteiger charge is -2.27. The van der Waals surface area contributed by atoms with Crippen molar-refractivity contribution in [3.63, 3.8) is 0 Å². The predicted octanol–water partition coefficient (Wildman–Crippen LogP) is 2.68. The molecule has 2 N–H and O–H groups in total. The van der Waals surface area contributed by atoms with Crippen LogP contribution in [0.4, 0.5) is 5.82 Å². The molecule has 1 aliphatic carbocycles. The molecule has 22 heavy (non-hydrogen) atoms. The summed E-state index contributed by atoms with van der Waals surface area (Å²) in [4.78, 5) is 13.3. The van der Waals surface area contributed by atoms with Crippen LogP contribution in [0.3, 0.4) is 0 Å². The lowest BCUT2D eigenvalue weighted by atomic mass is 9.93. The summed E-state index contributed by atoms with van der Waals surface area (Å²) < 4.78 is 0. The van der Waals surface area contributed by atoms with Gasteiger partial charge in [0.05, 0.1) is 23.1 Å². The Morgan fingerprint density at radius 2 is 2.00 bits per heavy atom. The maximum Gasteiger partial charge on any atom is 0.140 e. The zero-order valence-corrected chi connectivity index (χ0v) is 13.2. The van der Waals surface area contributed by atoms with Gasteiger partial charge >= 0.3 is 0 Å². The van der Waals surface area contributed by atoms with Gasteiger partial charge in [-0.25, -0.2) is 9.97 Å². The summed E-state index contributed by atoms with van der Waals surface area (Å²) in [5.41, 5.74) is 1.75. The van der Waals surface area contributed by atoms with E-state index >= 15 is 0 Å². The van der Waals surface area contributed by atoms with Crippen molar-refractivity contribution in [1.82, 2.24) is 15.0 Å². The molecule has 1 saturated carbocycles. The summed E-state index contributed by atoms with van der Waals surface area (Å²) in [6.45, 7) is 0. The van der Waals surface area contributed by atoms with Crippen molar-refractivity contribution >= 4 is 18.4 Å². The molecule has 1 fully saturated rings. The lowest BCUT2D eigenvalue weighted by molar-refractivity contribution is 0.126. The van der Waals surface area contributed by atoms with Crippen LogP contribution in [0, 0.1) is 0 Å². The molecule has 0 saturated heterocycles. The topological polar surface area (TPSA) is 70.9 Å². The molecule has 0 aromatic carbocycles. The predicted molar refractivity (Wildman–Crippen MR) is 89.8 cm³/mol. The van der Waals surface area contributed by atoms with Gasteiger partial charge in [-0.2, -0.15) is 12.6 Å². The molecule has 0 spiro atoms. The monoisotopic (exact) mass is 316 g/mol. The Morgan fingerprint density at radius 1 is 1.18 bits per heavy atom. The quantitative estimate of drug-likeness (QED) is 0.757. The highest BCUT2D eigenvalue weighted by Crippen LogP contribution is 2.28. The Bertz CT molecular complexity index is 615. The van der Waals surface area contributed by atoms with Gasteiger partial charge in [-0.15, -0.1) is 0 Å². The van der Waals surface area contributed by atoms with Crippen LogP contribution in [-0.2, 0) is 5.75 Å². The van der Waals surface area contributed by atoms with Crippen LogP contribution in [0.25, 0.3) is 11.3 Å². The van der Waals surface area contributed by atoms with Crippen LogP contribution in [0.2, 0.25) is 0 Å². The molecular formula is C16H20N4OS. The second kappa shape index (κ2) is 7.07. The van der Waals surface area contributed by atoms with Gasteiger partial charge in [0.1, 0.15) is 11.6 Å². The molecule has 5 nitrogen and oxygen atoms in total. The molecule has 0 unspecified atom stereocenters. The Balaban J connectivity index is 1.87. The van der Waals surface area contributed by atoms with Gasteiger partial charge in [-0.05, 0) is 37.8 Å². The molecule has 0 bridgehead atoms. The molecule has 116 valence electrons. The molecule has 3 rings (SSSR count). The molecule has 2 heterocycles. The highest BCUT2D eigenvalue weighted by Gasteiger charge is 2.21. The lowest BCUT2D eigenvalue weighted by Crippen LogP contribution is -2.29. The van der Waals surface area contributed by atoms with Crippen molar-refractivity contribution in [1.29, 1.82) is 0 Å². The number of thiol groups is 1. The Hall–Kier alpha value is -1.66. The smallest absolute Gasteiger partial charge is 0.140 e. The van der Waals surface area contributed by atoms with E-state index in [9.17, 15) is 5.11 Å². The minimum atomic E-state index is -0.160. The molecule has 0 amide bonds. The van der Waals surface area contributed by atoms with E-state index in [1.165, 1.54) is 0 Å². The Labute approximate surface area is 135 Å². The first-order valence-electron chi connectivity index (χ1n) is 7.59. The van der Waals surface area contributed by atoms with E-state index in [2.05, 4.69) is 32.9 Å². The summed E-state index contributed by atoms with van der Waals surface area (Å²) in [5.74, 6) is 2.00. The van der Waals surface area contributed by atoms with Crippen LogP contribution >= 0.6 is 12.6 Å². The van der Waals surface area contributed by atoms with Crippen molar-refractivity contribution in [2.24, 2.45) is 0 Å². The summed E-state index contributed by atoms with van der Waals surface area (Å²) in [6, 6.07) is 6.13. The third kappa shape index (κ3) is 3.56. The minimum absolute atomic E-state index is 0.160. The molecule has 2 aromatic rings. The van der Waals surface area contributed by atoms with Gasteiger partial charge < -0.3 is 10.4 Å². The first-order valence-corrected chi connectivity index (χ1v) is 8.22. The molecular weight excluding hydrogens is 296 g/mol. The number of rotatable bonds is 4. The average molecular weight is 316 g/mol. The fourth-order valence-corrected chi connectivity index (χ4v) is 2.88. The van der Waals surface area contributed by atoms with Gasteiger partial charge in [-0.1, -0.05) is 6.07 Å². The molecule has 0 radical (unpaired) electrons. The number of pyridine rings is 1. The molecule has 6 heteroatoms. The standard InChI is InChI=1S/C16H20N4OS/c21-12-6-4-11(5-7-12)19-16-13(9-18-15(10-22)20-16)14-3-1-2-8-17-14/h1-3,8-9,11-12,21-22H,4-7,10H2,(H,18,19,20)/t11-,12-. The first-order chi connectivity index (χ1) is 10.8. The van der Waals surface area contributed by atoms with Crippen LogP contribution in [-0.4, -0.2) is 32.2 Å². The number of aromatic nitrogens is 3. The third-order valence-corrected chi connectivity index (χ3v) is 4.24. The van der Waals surface area contributed by atoms with Crippen molar-refractivity contribution < 1.29 is 5.11 Å². The zero-order valence-electron chi connectivity index (χ0n) is 12.3. The van der Waals surface area contributed by atoms with E-state index < -0.39 is 0 Å². The Kier molecular flexibility index (Phi) is 4.90. The molecule has 1 aliphatic rings. The van der Waals surface area contributed by atoms with Gasteiger partial charge in [0, 0.05) is 18.4 Å². The molecule has 0 atom stereocenters. The van der Waals surface area contributed by atoms with Crippen LogP contribution in [0.1, 0.15) is 31.5 Å². The van der Waals surface area contributed by atoms with E-state index in [4.69, 9.17) is 0 Å². The summed E-state index contributed by atoms with van der Waals surface area (Å²) in [6.07, 6.45) is 6.98. The first kappa shape index (κ1) is 15.2. The normalized spacial score (nSPS) is 21.5. The maximum absolute atomic E-state index is 9.63. The fraction of sp³-hybridized carbons (Fsp3) is 0.438. The van der Waals surface area contributed by atoms with Gasteiger partial charge in [-0.3, -0.25) is 4.98 Å². The van der Waals surface area contributed by atoms with E-state index in [-0.39, 0.29) is 6.10 Å². The highest BCUT2D eigenvalue weighted by atomic mass is 32.1. The van der Waals surface area contributed by atoms with Gasteiger partial charge in [0.25, 0.3) is 0 Å². The number of nitrogens with one attached hydrogen (secondary N) is 1. The van der Waals surface area contributed by atoms with Crippen molar-refractivity contribution in [3.05, 3.63) is 36.4 Å². The summed E-state index contributed by atoms with van der Waals surface area (Å²) in [7, 11) is 0. The maximum atomic E-state index is 9.63. The number of aliphatic hydroxyl groups is 1. The number of hydrogen-bond donors (Lipinski definition) is 3. The molecule has 2 aromatic heterocycles. The fourth-order valence-electron chi connectivity index (χ4n) is 2.73. The summed E-state index contributed by atoms with van der Waals surface area (Å²) in [5, 5.41) is 13.1. The second-order valence-corrected chi connectivity index (χ2v) is 5.89. The average Bonchev–Trinajstić information content (AvgIpc) is 2.57. The van der Waals surface area contributed by atoms with Crippen molar-refractivity contribution in [2.45, 2.75) is 43.6 Å². The van der Waals surface area contributed by atoms with Gasteiger partial charge in [0.2, 0.25) is 0 Å². The highest BCUT2D eigenvalue weighted by molar-refractivity contribution is 7.79. The number of aliphatic hydroxyl groups excluding tert-OH is 1. The van der Waals surface area contributed by atoms with E-state index in [0.29, 0.717) is 17.6 Å². The van der Waals surface area contributed by atoms with E-state index in [1.54, 1.807) is 12.4 Å². The van der Waals surface area contributed by atoms with E-state index in [0.717, 1.165) is 42.8 Å². The summed E-state index contributed by atoms with van der Waals surface area (Å²) >= 11 is 4.26. The second-order valence-electron chi connectivity index (χ2n) is 5.57. The van der Waals surface area contributed by atoms with Crippen LogP contribution in [0.15, 0.2) is 30.6 Å². The van der Waals surface area contributed by atoms with Gasteiger partial charge in [0.15, 0.2) is 0 Å². The largest absolute Gasteiger partial charge is 0.393 e. The minimum Gasteiger partial charge on any atom is -0.393 e. The molecule has 0 aliphatic heterocycles. The third-order valence-electron chi connectivity index (χ3n) is 3.96. The van der Waals surface area contributed by atoms with Crippen molar-refractivity contribution in [3.8, 4) is 11.3 Å².